The van der Waals surface area contributed by atoms with Crippen molar-refractivity contribution in [3.8, 4) is 5.75 Å². The number of hydrogen-bond donors (Lipinski definition) is 1. The molecule has 1 atom stereocenters. The third-order valence-electron chi connectivity index (χ3n) is 3.98. The topological polar surface area (TPSA) is 75.7 Å². The van der Waals surface area contributed by atoms with Crippen LogP contribution in [0.15, 0.2) is 48.5 Å². The summed E-state index contributed by atoms with van der Waals surface area (Å²) in [4.78, 5) is 38.2. The van der Waals surface area contributed by atoms with Gasteiger partial charge in [0, 0.05) is 15.7 Å². The number of thioether (sulfide) groups is 1. The number of hydrogen-bond acceptors (Lipinski definition) is 5. The minimum absolute atomic E-state index is 0.0935. The number of nitrogens with one attached hydrogen (secondary N) is 1. The van der Waals surface area contributed by atoms with Crippen LogP contribution in [0.1, 0.15) is 6.42 Å². The Morgan fingerprint density at radius 3 is 2.48 bits per heavy atom. The Morgan fingerprint density at radius 1 is 1.19 bits per heavy atom. The fourth-order valence-corrected chi connectivity index (χ4v) is 3.94. The van der Waals surface area contributed by atoms with E-state index in [0.29, 0.717) is 17.1 Å². The molecule has 1 heterocycles. The largest absolute Gasteiger partial charge is 0.497 e. The average molecular weight is 496 g/mol. The predicted molar refractivity (Wildman–Crippen MR) is 114 cm³/mol. The molecule has 6 nitrogen and oxygen atoms in total. The molecule has 1 N–H and O–H groups in total. The summed E-state index contributed by atoms with van der Waals surface area (Å²) < 4.78 is 6.10. The van der Waals surface area contributed by atoms with E-state index in [1.165, 1.54) is 16.7 Å². The first-order chi connectivity index (χ1) is 13.0. The van der Waals surface area contributed by atoms with Gasteiger partial charge in [-0.15, -0.1) is 11.8 Å². The summed E-state index contributed by atoms with van der Waals surface area (Å²) >= 11 is 3.35. The normalized spacial score (nSPS) is 16.5. The van der Waals surface area contributed by atoms with Crippen molar-refractivity contribution in [1.82, 2.24) is 0 Å². The molecule has 3 rings (SSSR count). The second-order valence-corrected chi connectivity index (χ2v) is 8.26. The highest BCUT2D eigenvalue weighted by molar-refractivity contribution is 14.1. The predicted octanol–water partition coefficient (Wildman–Crippen LogP) is 3.30. The van der Waals surface area contributed by atoms with Crippen molar-refractivity contribution in [2.24, 2.45) is 0 Å². The van der Waals surface area contributed by atoms with Crippen LogP contribution >= 0.6 is 34.4 Å². The Bertz CT molecular complexity index is 855. The van der Waals surface area contributed by atoms with E-state index < -0.39 is 5.25 Å². The fourth-order valence-electron chi connectivity index (χ4n) is 2.64. The van der Waals surface area contributed by atoms with Crippen molar-refractivity contribution in [2.75, 3.05) is 23.1 Å². The molecule has 0 spiro atoms. The molecule has 27 heavy (non-hydrogen) atoms. The second kappa shape index (κ2) is 8.75. The molecule has 1 saturated heterocycles. The second-order valence-electron chi connectivity index (χ2n) is 5.82. The Balaban J connectivity index is 1.56. The molecule has 0 aromatic heterocycles. The highest BCUT2D eigenvalue weighted by Crippen LogP contribution is 2.30. The van der Waals surface area contributed by atoms with Gasteiger partial charge in [0.05, 0.1) is 23.8 Å². The van der Waals surface area contributed by atoms with E-state index in [0.717, 1.165) is 3.57 Å². The van der Waals surface area contributed by atoms with Crippen LogP contribution in [0.4, 0.5) is 11.4 Å². The first-order valence-electron chi connectivity index (χ1n) is 8.16. The van der Waals surface area contributed by atoms with Crippen LogP contribution in [-0.2, 0) is 14.4 Å². The number of halogens is 1. The van der Waals surface area contributed by atoms with E-state index in [4.69, 9.17) is 4.74 Å². The Hall–Kier alpha value is -2.07. The third kappa shape index (κ3) is 4.81. The van der Waals surface area contributed by atoms with Gasteiger partial charge >= 0.3 is 0 Å². The standard InChI is InChI=1S/C19H17IN2O4S/c1-26-15-8-4-13(5-9-15)21-17(23)11-27-16-10-18(24)22(19(16)25)14-6-2-12(20)3-7-14/h2-9,16H,10-11H2,1H3,(H,21,23)/t16-/m0/s1. The molecule has 0 saturated carbocycles. The first kappa shape index (κ1) is 19.7. The van der Waals surface area contributed by atoms with Gasteiger partial charge in [-0.1, -0.05) is 0 Å². The molecule has 0 radical (unpaired) electrons. The molecule has 140 valence electrons. The molecule has 1 fully saturated rings. The van der Waals surface area contributed by atoms with Crippen LogP contribution in [0, 0.1) is 3.57 Å². The molecule has 2 aromatic carbocycles. The van der Waals surface area contributed by atoms with E-state index in [-0.39, 0.29) is 29.9 Å². The number of imide groups is 1. The summed E-state index contributed by atoms with van der Waals surface area (Å²) in [5, 5.41) is 2.22. The Labute approximate surface area is 174 Å². The fraction of sp³-hybridized carbons (Fsp3) is 0.211. The van der Waals surface area contributed by atoms with Crippen molar-refractivity contribution < 1.29 is 19.1 Å². The van der Waals surface area contributed by atoms with E-state index >= 15 is 0 Å². The lowest BCUT2D eigenvalue weighted by Gasteiger charge is -2.15. The van der Waals surface area contributed by atoms with Gasteiger partial charge in [-0.25, -0.2) is 4.90 Å². The number of nitrogens with zero attached hydrogens (tertiary/aromatic N) is 1. The molecule has 0 aliphatic carbocycles. The van der Waals surface area contributed by atoms with Crippen molar-refractivity contribution >= 4 is 63.4 Å². The number of methoxy groups -OCH3 is 1. The zero-order valence-electron chi connectivity index (χ0n) is 14.5. The smallest absolute Gasteiger partial charge is 0.247 e. The van der Waals surface area contributed by atoms with Crippen LogP contribution < -0.4 is 15.0 Å². The summed E-state index contributed by atoms with van der Waals surface area (Å²) in [5.74, 6) is 0.0555. The number of carbonyl (C=O) groups excluding carboxylic acids is 3. The summed E-state index contributed by atoms with van der Waals surface area (Å²) in [7, 11) is 1.57. The lowest BCUT2D eigenvalue weighted by molar-refractivity contribution is -0.121. The maximum absolute atomic E-state index is 12.6. The summed E-state index contributed by atoms with van der Waals surface area (Å²) in [5.41, 5.74) is 1.21. The SMILES string of the molecule is COc1ccc(NC(=O)CS[C@H]2CC(=O)N(c3ccc(I)cc3)C2=O)cc1. The number of amides is 3. The van der Waals surface area contributed by atoms with Gasteiger partial charge in [-0.2, -0.15) is 0 Å². The van der Waals surface area contributed by atoms with Gasteiger partial charge in [0.25, 0.3) is 0 Å². The van der Waals surface area contributed by atoms with E-state index in [1.54, 1.807) is 43.5 Å². The van der Waals surface area contributed by atoms with Gasteiger partial charge < -0.3 is 10.1 Å². The quantitative estimate of drug-likeness (QED) is 0.491. The molecule has 2 aromatic rings. The van der Waals surface area contributed by atoms with Crippen LogP contribution in [0.2, 0.25) is 0 Å². The minimum Gasteiger partial charge on any atom is -0.497 e. The van der Waals surface area contributed by atoms with Crippen LogP contribution in [0.5, 0.6) is 5.75 Å². The third-order valence-corrected chi connectivity index (χ3v) is 5.90. The zero-order chi connectivity index (χ0) is 19.4. The number of benzene rings is 2. The number of rotatable bonds is 6. The molecule has 3 amide bonds. The van der Waals surface area contributed by atoms with Crippen molar-refractivity contribution in [1.29, 1.82) is 0 Å². The van der Waals surface area contributed by atoms with Gasteiger partial charge in [0.15, 0.2) is 0 Å². The number of carbonyl (C=O) groups is 3. The molecular weight excluding hydrogens is 479 g/mol. The van der Waals surface area contributed by atoms with Gasteiger partial charge in [0.2, 0.25) is 17.7 Å². The molecule has 1 aliphatic heterocycles. The van der Waals surface area contributed by atoms with Crippen molar-refractivity contribution in [3.05, 3.63) is 52.1 Å². The Morgan fingerprint density at radius 2 is 1.85 bits per heavy atom. The van der Waals surface area contributed by atoms with Gasteiger partial charge in [-0.3, -0.25) is 14.4 Å². The number of anilines is 2. The van der Waals surface area contributed by atoms with Crippen LogP contribution in [-0.4, -0.2) is 35.8 Å². The lowest BCUT2D eigenvalue weighted by atomic mass is 10.3. The summed E-state index contributed by atoms with van der Waals surface area (Å²) in [6, 6.07) is 14.2. The maximum atomic E-state index is 12.6. The first-order valence-corrected chi connectivity index (χ1v) is 10.3. The van der Waals surface area contributed by atoms with Crippen LogP contribution in [0.25, 0.3) is 0 Å². The highest BCUT2D eigenvalue weighted by Gasteiger charge is 2.40. The van der Waals surface area contributed by atoms with E-state index in [2.05, 4.69) is 27.9 Å². The Kier molecular flexibility index (Phi) is 6.38. The molecule has 0 unspecified atom stereocenters. The molecular formula is C19H17IN2O4S. The number of ether oxygens (including phenoxy) is 1. The highest BCUT2D eigenvalue weighted by atomic mass is 127. The molecule has 8 heteroatoms. The van der Waals surface area contributed by atoms with Crippen LogP contribution in [0.3, 0.4) is 0 Å². The average Bonchev–Trinajstić information content (AvgIpc) is 2.95. The maximum Gasteiger partial charge on any atom is 0.247 e. The van der Waals surface area contributed by atoms with E-state index in [1.807, 2.05) is 12.1 Å². The molecule has 1 aliphatic rings. The summed E-state index contributed by atoms with van der Waals surface area (Å²) in [6.45, 7) is 0. The van der Waals surface area contributed by atoms with Gasteiger partial charge in [0.1, 0.15) is 5.75 Å². The van der Waals surface area contributed by atoms with E-state index in [9.17, 15) is 14.4 Å². The lowest BCUT2D eigenvalue weighted by Crippen LogP contribution is -2.31. The monoisotopic (exact) mass is 496 g/mol. The zero-order valence-corrected chi connectivity index (χ0v) is 17.5. The molecule has 0 bridgehead atoms. The van der Waals surface area contributed by atoms with Crippen molar-refractivity contribution in [3.63, 3.8) is 0 Å². The van der Waals surface area contributed by atoms with Gasteiger partial charge in [-0.05, 0) is 71.1 Å². The summed E-state index contributed by atoms with van der Waals surface area (Å²) in [6.07, 6.45) is 0.102. The minimum atomic E-state index is -0.543. The van der Waals surface area contributed by atoms with Crippen molar-refractivity contribution in [2.45, 2.75) is 11.7 Å².